The molecule has 2 aromatic carbocycles. The summed E-state index contributed by atoms with van der Waals surface area (Å²) in [7, 11) is -3.96. The second kappa shape index (κ2) is 6.80. The van der Waals surface area contributed by atoms with E-state index in [0.717, 1.165) is 12.1 Å². The van der Waals surface area contributed by atoms with Gasteiger partial charge in [-0.25, -0.2) is 22.5 Å². The molecule has 0 saturated carbocycles. The normalized spacial score (nSPS) is 17.3. The van der Waals surface area contributed by atoms with Crippen molar-refractivity contribution in [1.29, 1.82) is 0 Å². The molecule has 2 N–H and O–H groups in total. The van der Waals surface area contributed by atoms with Crippen molar-refractivity contribution in [3.8, 4) is 0 Å². The first-order valence-electron chi connectivity index (χ1n) is 7.11. The molecule has 0 amide bonds. The summed E-state index contributed by atoms with van der Waals surface area (Å²) in [5.74, 6) is -0.744. The quantitative estimate of drug-likeness (QED) is 0.604. The van der Waals surface area contributed by atoms with Crippen LogP contribution < -0.4 is 10.0 Å². The first-order valence-corrected chi connectivity index (χ1v) is 9.41. The molecule has 0 fully saturated rings. The van der Waals surface area contributed by atoms with E-state index in [-0.39, 0.29) is 39.7 Å². The van der Waals surface area contributed by atoms with E-state index in [9.17, 15) is 26.0 Å². The number of anilines is 1. The molecule has 0 spiro atoms. The number of alkyl halides is 3. The third-order valence-corrected chi connectivity index (χ3v) is 5.41. The number of rotatable bonds is 3. The third kappa shape index (κ3) is 4.47. The minimum Gasteiger partial charge on any atom is -0.324 e. The summed E-state index contributed by atoms with van der Waals surface area (Å²) < 4.78 is 76.5. The lowest BCUT2D eigenvalue weighted by atomic mass is 10.2. The molecule has 3 rings (SSSR count). The van der Waals surface area contributed by atoms with Crippen LogP contribution in [0.3, 0.4) is 0 Å². The lowest BCUT2D eigenvalue weighted by Crippen LogP contribution is -2.40. The van der Waals surface area contributed by atoms with Crippen LogP contribution in [0.1, 0.15) is 5.56 Å². The molecule has 0 saturated heterocycles. The molecule has 0 aliphatic carbocycles. The number of fused-ring (bicyclic) bond motifs is 1. The van der Waals surface area contributed by atoms with Gasteiger partial charge in [-0.15, -0.1) is 0 Å². The highest BCUT2D eigenvalue weighted by molar-refractivity contribution is 8.00. The van der Waals surface area contributed by atoms with Crippen LogP contribution in [-0.4, -0.2) is 19.9 Å². The summed E-state index contributed by atoms with van der Waals surface area (Å²) in [6.45, 7) is 0.0400. The first-order chi connectivity index (χ1) is 12.1. The van der Waals surface area contributed by atoms with E-state index in [1.54, 1.807) is 0 Å². The van der Waals surface area contributed by atoms with Crippen LogP contribution in [0.2, 0.25) is 0 Å². The van der Waals surface area contributed by atoms with Crippen LogP contribution in [-0.2, 0) is 16.6 Å². The number of nitrogens with one attached hydrogen (secondary N) is 2. The Morgan fingerprint density at radius 1 is 1.08 bits per heavy atom. The molecule has 1 aliphatic heterocycles. The van der Waals surface area contributed by atoms with E-state index < -0.39 is 21.3 Å². The molecule has 0 atom stereocenters. The number of nitrogens with zero attached hydrogens (tertiary/aromatic N) is 1. The van der Waals surface area contributed by atoms with Gasteiger partial charge in [0, 0.05) is 4.90 Å². The third-order valence-electron chi connectivity index (χ3n) is 3.29. The molecule has 0 radical (unpaired) electrons. The predicted octanol–water partition coefficient (Wildman–Crippen LogP) is 3.70. The first kappa shape index (κ1) is 18.5. The molecule has 0 bridgehead atoms. The molecule has 26 heavy (non-hydrogen) atoms. The smallest absolute Gasteiger partial charge is 0.324 e. The van der Waals surface area contributed by atoms with Gasteiger partial charge in [0.05, 0.1) is 12.2 Å². The molecule has 0 unspecified atom stereocenters. The number of aliphatic imine (C=N–C) groups is 1. The van der Waals surface area contributed by atoms with Gasteiger partial charge in [-0.3, -0.25) is 0 Å². The zero-order valence-corrected chi connectivity index (χ0v) is 14.5. The van der Waals surface area contributed by atoms with Crippen LogP contribution >= 0.6 is 11.8 Å². The molecule has 1 aliphatic rings. The average Bonchev–Trinajstić information content (AvgIpc) is 2.53. The van der Waals surface area contributed by atoms with Crippen LogP contribution in [0, 0.1) is 5.82 Å². The fourth-order valence-corrected chi connectivity index (χ4v) is 3.89. The van der Waals surface area contributed by atoms with Crippen molar-refractivity contribution in [3.63, 3.8) is 0 Å². The SMILES string of the molecule is O=S1(=O)NC(=NCc2ccc(SC(F)(F)F)cc2)Nc2ccc(F)cc21. The van der Waals surface area contributed by atoms with Crippen LogP contribution in [0.25, 0.3) is 0 Å². The van der Waals surface area contributed by atoms with Gasteiger partial charge in [0.1, 0.15) is 10.7 Å². The van der Waals surface area contributed by atoms with E-state index in [0.29, 0.717) is 5.56 Å². The minimum absolute atomic E-state index is 0.0400. The second-order valence-electron chi connectivity index (χ2n) is 5.23. The van der Waals surface area contributed by atoms with Gasteiger partial charge in [0.25, 0.3) is 10.0 Å². The number of halogens is 4. The summed E-state index contributed by atoms with van der Waals surface area (Å²) in [6.07, 6.45) is 0. The van der Waals surface area contributed by atoms with Crippen molar-refractivity contribution >= 4 is 33.4 Å². The van der Waals surface area contributed by atoms with Gasteiger partial charge in [-0.05, 0) is 47.7 Å². The second-order valence-corrected chi connectivity index (χ2v) is 8.02. The number of guanidine groups is 1. The topological polar surface area (TPSA) is 70.6 Å². The van der Waals surface area contributed by atoms with Crippen molar-refractivity contribution in [2.24, 2.45) is 4.99 Å². The Hall–Kier alpha value is -2.27. The fourth-order valence-electron chi connectivity index (χ4n) is 2.20. The summed E-state index contributed by atoms with van der Waals surface area (Å²) in [5, 5.41) is 2.73. The molecule has 1 heterocycles. The van der Waals surface area contributed by atoms with Crippen molar-refractivity contribution in [2.75, 3.05) is 5.32 Å². The highest BCUT2D eigenvalue weighted by Crippen LogP contribution is 2.36. The van der Waals surface area contributed by atoms with E-state index in [4.69, 9.17) is 0 Å². The van der Waals surface area contributed by atoms with E-state index in [1.807, 2.05) is 0 Å². The summed E-state index contributed by atoms with van der Waals surface area (Å²) in [5.41, 5.74) is -3.59. The number of benzene rings is 2. The predicted molar refractivity (Wildman–Crippen MR) is 89.8 cm³/mol. The lowest BCUT2D eigenvalue weighted by Gasteiger charge is -2.21. The van der Waals surface area contributed by atoms with Gasteiger partial charge in [0.15, 0.2) is 0 Å². The summed E-state index contributed by atoms with van der Waals surface area (Å²) >= 11 is -0.222. The standard InChI is InChI=1S/C15H11F4N3O2S2/c16-10-3-6-12-13(7-10)26(23,24)22-14(21-12)20-8-9-1-4-11(5-2-9)25-15(17,18)19/h1-7H,8H2,(H2,20,21,22). The Morgan fingerprint density at radius 2 is 1.77 bits per heavy atom. The minimum atomic E-state index is -4.36. The molecule has 11 heteroatoms. The van der Waals surface area contributed by atoms with Gasteiger partial charge in [-0.2, -0.15) is 13.2 Å². The van der Waals surface area contributed by atoms with E-state index in [1.165, 1.54) is 30.3 Å². The molecule has 0 aromatic heterocycles. The number of sulfonamides is 1. The van der Waals surface area contributed by atoms with Crippen molar-refractivity contribution in [1.82, 2.24) is 4.72 Å². The maximum Gasteiger partial charge on any atom is 0.446 e. The maximum absolute atomic E-state index is 13.2. The Kier molecular flexibility index (Phi) is 4.84. The van der Waals surface area contributed by atoms with Gasteiger partial charge >= 0.3 is 5.51 Å². The average molecular weight is 405 g/mol. The molecular weight excluding hydrogens is 394 g/mol. The van der Waals surface area contributed by atoms with Crippen LogP contribution in [0.15, 0.2) is 57.2 Å². The van der Waals surface area contributed by atoms with Gasteiger partial charge in [-0.1, -0.05) is 12.1 Å². The Bertz CT molecular complexity index is 958. The maximum atomic E-state index is 13.2. The Labute approximate surface area is 150 Å². The Morgan fingerprint density at radius 3 is 2.42 bits per heavy atom. The highest BCUT2D eigenvalue weighted by atomic mass is 32.2. The largest absolute Gasteiger partial charge is 0.446 e. The van der Waals surface area contributed by atoms with Gasteiger partial charge in [0.2, 0.25) is 5.96 Å². The zero-order chi connectivity index (χ0) is 18.9. The van der Waals surface area contributed by atoms with Crippen molar-refractivity contribution in [2.45, 2.75) is 21.8 Å². The van der Waals surface area contributed by atoms with Crippen LogP contribution in [0.4, 0.5) is 23.2 Å². The van der Waals surface area contributed by atoms with Crippen LogP contribution in [0.5, 0.6) is 0 Å². The lowest BCUT2D eigenvalue weighted by molar-refractivity contribution is -0.0328. The van der Waals surface area contributed by atoms with E-state index >= 15 is 0 Å². The van der Waals surface area contributed by atoms with Gasteiger partial charge < -0.3 is 5.32 Å². The van der Waals surface area contributed by atoms with E-state index in [2.05, 4.69) is 15.0 Å². The zero-order valence-electron chi connectivity index (χ0n) is 12.8. The molecule has 138 valence electrons. The molecular formula is C15H11F4N3O2S2. The van der Waals surface area contributed by atoms with Crippen molar-refractivity contribution in [3.05, 3.63) is 53.8 Å². The fraction of sp³-hybridized carbons (Fsp3) is 0.133. The number of hydrogen-bond acceptors (Lipinski definition) is 4. The Balaban J connectivity index is 1.74. The highest BCUT2D eigenvalue weighted by Gasteiger charge is 2.29. The monoisotopic (exact) mass is 405 g/mol. The number of thioether (sulfide) groups is 1. The summed E-state index contributed by atoms with van der Waals surface area (Å²) in [6, 6.07) is 8.84. The summed E-state index contributed by atoms with van der Waals surface area (Å²) in [4.78, 5) is 3.88. The molecule has 2 aromatic rings. The van der Waals surface area contributed by atoms with Crippen molar-refractivity contribution < 1.29 is 26.0 Å². The number of hydrogen-bond donors (Lipinski definition) is 2. The molecule has 5 nitrogen and oxygen atoms in total.